The highest BCUT2D eigenvalue weighted by Gasteiger charge is 2.10. The largest absolute Gasteiger partial charge is 0.398 e. The predicted octanol–water partition coefficient (Wildman–Crippen LogP) is 0.838. The van der Waals surface area contributed by atoms with E-state index in [0.29, 0.717) is 0 Å². The maximum absolute atomic E-state index is 10.7. The number of hydrogen-bond acceptors (Lipinski definition) is 3. The number of halogens is 2. The molecule has 0 aliphatic rings. The van der Waals surface area contributed by atoms with Gasteiger partial charge >= 0.3 is 0 Å². The summed E-state index contributed by atoms with van der Waals surface area (Å²) in [6.45, 7) is 0. The van der Waals surface area contributed by atoms with E-state index in [-0.39, 0.29) is 28.8 Å². The van der Waals surface area contributed by atoms with E-state index in [1.165, 1.54) is 12.3 Å². The number of amides is 1. The first-order valence-electron chi connectivity index (χ1n) is 2.82. The summed E-state index contributed by atoms with van der Waals surface area (Å²) < 4.78 is 0. The maximum atomic E-state index is 10.7. The minimum atomic E-state index is -0.666. The summed E-state index contributed by atoms with van der Waals surface area (Å²) in [4.78, 5) is 14.3. The van der Waals surface area contributed by atoms with Gasteiger partial charge in [0.15, 0.2) is 0 Å². The van der Waals surface area contributed by atoms with E-state index in [4.69, 9.17) is 23.1 Å². The molecular formula is C6H7Cl2N3O. The van der Waals surface area contributed by atoms with Gasteiger partial charge in [0, 0.05) is 11.9 Å². The van der Waals surface area contributed by atoms with Crippen LogP contribution in [0, 0.1) is 0 Å². The molecule has 0 aromatic carbocycles. The van der Waals surface area contributed by atoms with Crippen LogP contribution in [-0.4, -0.2) is 10.9 Å². The Balaban J connectivity index is 0.00000121. The summed E-state index contributed by atoms with van der Waals surface area (Å²) >= 11 is 5.53. The van der Waals surface area contributed by atoms with Crippen molar-refractivity contribution in [2.24, 2.45) is 5.73 Å². The van der Waals surface area contributed by atoms with Crippen molar-refractivity contribution in [3.05, 3.63) is 23.0 Å². The molecule has 1 aromatic heterocycles. The van der Waals surface area contributed by atoms with Crippen molar-refractivity contribution in [1.29, 1.82) is 0 Å². The van der Waals surface area contributed by atoms with E-state index in [9.17, 15) is 4.79 Å². The van der Waals surface area contributed by atoms with Gasteiger partial charge in [0.2, 0.25) is 0 Å². The molecule has 0 atom stereocenters. The number of primary amides is 1. The molecule has 1 amide bonds. The van der Waals surface area contributed by atoms with Gasteiger partial charge in [-0.05, 0) is 6.07 Å². The van der Waals surface area contributed by atoms with E-state index >= 15 is 0 Å². The van der Waals surface area contributed by atoms with Gasteiger partial charge in [-0.3, -0.25) is 4.79 Å². The lowest BCUT2D eigenvalue weighted by Gasteiger charge is -2.00. The minimum Gasteiger partial charge on any atom is -0.398 e. The Labute approximate surface area is 80.3 Å². The van der Waals surface area contributed by atoms with Crippen molar-refractivity contribution < 1.29 is 4.79 Å². The van der Waals surface area contributed by atoms with Gasteiger partial charge < -0.3 is 11.5 Å². The van der Waals surface area contributed by atoms with Crippen LogP contribution in [0.2, 0.25) is 5.15 Å². The van der Waals surface area contributed by atoms with Crippen molar-refractivity contribution in [2.45, 2.75) is 0 Å². The third-order valence-electron chi connectivity index (χ3n) is 1.18. The lowest BCUT2D eigenvalue weighted by molar-refractivity contribution is 0.100. The first-order valence-corrected chi connectivity index (χ1v) is 3.20. The number of rotatable bonds is 1. The zero-order valence-corrected chi connectivity index (χ0v) is 7.52. The summed E-state index contributed by atoms with van der Waals surface area (Å²) in [6.07, 6.45) is 1.41. The maximum Gasteiger partial charge on any atom is 0.253 e. The van der Waals surface area contributed by atoms with Gasteiger partial charge in [0.05, 0.1) is 5.56 Å². The van der Waals surface area contributed by atoms with E-state index in [2.05, 4.69) is 4.98 Å². The van der Waals surface area contributed by atoms with Crippen LogP contribution in [0.15, 0.2) is 12.3 Å². The van der Waals surface area contributed by atoms with Gasteiger partial charge in [0.1, 0.15) is 5.15 Å². The second-order valence-corrected chi connectivity index (χ2v) is 2.29. The molecule has 0 aliphatic carbocycles. The highest BCUT2D eigenvalue weighted by molar-refractivity contribution is 6.33. The summed E-state index contributed by atoms with van der Waals surface area (Å²) in [5, 5.41) is 0.0394. The molecule has 0 bridgehead atoms. The van der Waals surface area contributed by atoms with Crippen molar-refractivity contribution >= 4 is 35.6 Å². The van der Waals surface area contributed by atoms with Gasteiger partial charge in [-0.1, -0.05) is 11.6 Å². The van der Waals surface area contributed by atoms with Gasteiger partial charge in [-0.15, -0.1) is 12.4 Å². The molecule has 0 saturated carbocycles. The van der Waals surface area contributed by atoms with Crippen LogP contribution in [0.25, 0.3) is 0 Å². The number of hydrogen-bond donors (Lipinski definition) is 2. The molecule has 4 N–H and O–H groups in total. The molecule has 12 heavy (non-hydrogen) atoms. The highest BCUT2D eigenvalue weighted by Crippen LogP contribution is 2.17. The van der Waals surface area contributed by atoms with E-state index < -0.39 is 5.91 Å². The lowest BCUT2D eigenvalue weighted by atomic mass is 10.2. The number of aromatic nitrogens is 1. The van der Waals surface area contributed by atoms with Gasteiger partial charge in [-0.2, -0.15) is 0 Å². The standard InChI is InChI=1S/C6H6ClN3O.ClH/c7-5-4(6(9)11)3(8)1-2-10-5;/h1-2H,(H2,8,10)(H2,9,11);1H. The quantitative estimate of drug-likeness (QED) is 0.670. The molecule has 0 aliphatic heterocycles. The van der Waals surface area contributed by atoms with Crippen LogP contribution in [0.4, 0.5) is 5.69 Å². The second-order valence-electron chi connectivity index (χ2n) is 1.93. The first kappa shape index (κ1) is 11.0. The van der Waals surface area contributed by atoms with Crippen LogP contribution in [-0.2, 0) is 0 Å². The van der Waals surface area contributed by atoms with Gasteiger partial charge in [-0.25, -0.2) is 4.98 Å². The van der Waals surface area contributed by atoms with Crippen LogP contribution >= 0.6 is 24.0 Å². The number of carbonyl (C=O) groups is 1. The monoisotopic (exact) mass is 207 g/mol. The van der Waals surface area contributed by atoms with Crippen molar-refractivity contribution in [3.8, 4) is 0 Å². The summed E-state index contributed by atoms with van der Waals surface area (Å²) in [6, 6.07) is 1.46. The average molecular weight is 208 g/mol. The van der Waals surface area contributed by atoms with E-state index in [1.807, 2.05) is 0 Å². The Morgan fingerprint density at radius 1 is 1.58 bits per heavy atom. The first-order chi connectivity index (χ1) is 5.13. The topological polar surface area (TPSA) is 82.0 Å². The molecule has 0 fully saturated rings. The fourth-order valence-corrected chi connectivity index (χ4v) is 0.952. The van der Waals surface area contributed by atoms with Crippen LogP contribution in [0.1, 0.15) is 10.4 Å². The summed E-state index contributed by atoms with van der Waals surface area (Å²) in [5.41, 5.74) is 10.7. The van der Waals surface area contributed by atoms with E-state index in [1.54, 1.807) is 0 Å². The minimum absolute atomic E-state index is 0. The number of pyridine rings is 1. The van der Waals surface area contributed by atoms with Crippen LogP contribution in [0.5, 0.6) is 0 Å². The Morgan fingerprint density at radius 3 is 2.50 bits per heavy atom. The highest BCUT2D eigenvalue weighted by atomic mass is 35.5. The Morgan fingerprint density at radius 2 is 2.17 bits per heavy atom. The fraction of sp³-hybridized carbons (Fsp3) is 0. The molecule has 0 saturated heterocycles. The second kappa shape index (κ2) is 4.13. The number of nitrogens with zero attached hydrogens (tertiary/aromatic N) is 1. The summed E-state index contributed by atoms with van der Waals surface area (Å²) in [7, 11) is 0. The number of anilines is 1. The van der Waals surface area contributed by atoms with E-state index in [0.717, 1.165) is 0 Å². The zero-order valence-electron chi connectivity index (χ0n) is 5.95. The number of nitrogen functional groups attached to an aromatic ring is 1. The molecule has 0 radical (unpaired) electrons. The third-order valence-corrected chi connectivity index (χ3v) is 1.47. The molecule has 6 heteroatoms. The lowest BCUT2D eigenvalue weighted by Crippen LogP contribution is -2.14. The van der Waals surface area contributed by atoms with Crippen molar-refractivity contribution in [3.63, 3.8) is 0 Å². The molecule has 0 unspecified atom stereocenters. The predicted molar refractivity (Wildman–Crippen MR) is 49.4 cm³/mol. The average Bonchev–Trinajstić information content (AvgIpc) is 1.85. The third kappa shape index (κ3) is 1.99. The molecule has 1 heterocycles. The van der Waals surface area contributed by atoms with Crippen LogP contribution < -0.4 is 11.5 Å². The van der Waals surface area contributed by atoms with Gasteiger partial charge in [0.25, 0.3) is 5.91 Å². The molecule has 1 aromatic rings. The molecule has 4 nitrogen and oxygen atoms in total. The number of nitrogens with two attached hydrogens (primary N) is 2. The number of carbonyl (C=O) groups excluding carboxylic acids is 1. The molecule has 1 rings (SSSR count). The zero-order chi connectivity index (χ0) is 8.43. The SMILES string of the molecule is Cl.NC(=O)c1c(N)ccnc1Cl. The molecule has 66 valence electrons. The summed E-state index contributed by atoms with van der Waals surface area (Å²) in [5.74, 6) is -0.666. The molecular weight excluding hydrogens is 201 g/mol. The molecule has 0 spiro atoms. The van der Waals surface area contributed by atoms with Crippen molar-refractivity contribution in [1.82, 2.24) is 4.98 Å². The van der Waals surface area contributed by atoms with Crippen LogP contribution in [0.3, 0.4) is 0 Å². The van der Waals surface area contributed by atoms with Crippen molar-refractivity contribution in [2.75, 3.05) is 5.73 Å². The Kier molecular flexibility index (Phi) is 3.79. The normalized spacial score (nSPS) is 8.75. The fourth-order valence-electron chi connectivity index (χ4n) is 0.694. The Bertz CT molecular complexity index is 283. The smallest absolute Gasteiger partial charge is 0.253 e. The Hall–Kier alpha value is -1.00.